The first-order chi connectivity index (χ1) is 22.8. The Morgan fingerprint density at radius 3 is 2.13 bits per heavy atom. The van der Waals surface area contributed by atoms with Crippen molar-refractivity contribution in [2.24, 2.45) is 0 Å². The SMILES string of the molecule is [Pt+2].[c-]1c(-c2ccc(-c3ccncc3)cn2)cccc1-n1c2[c-]c(-c3nc4ccccc4s3)ccc2c2cc(-c3ccncc3)ccc21. The Hall–Kier alpha value is -5.29. The van der Waals surface area contributed by atoms with Gasteiger partial charge in [-0.3, -0.25) is 15.0 Å². The molecule has 0 bridgehead atoms. The van der Waals surface area contributed by atoms with Gasteiger partial charge in [-0.25, -0.2) is 0 Å². The van der Waals surface area contributed by atoms with Gasteiger partial charge in [-0.1, -0.05) is 41.8 Å². The summed E-state index contributed by atoms with van der Waals surface area (Å²) in [5, 5.41) is 3.22. The molecule has 7 heteroatoms. The van der Waals surface area contributed by atoms with Crippen molar-refractivity contribution in [3.8, 4) is 49.8 Å². The van der Waals surface area contributed by atoms with Crippen molar-refractivity contribution in [2.45, 2.75) is 0 Å². The maximum atomic E-state index is 4.94. The van der Waals surface area contributed by atoms with Crippen LogP contribution in [0, 0.1) is 12.1 Å². The first-order valence-electron chi connectivity index (χ1n) is 14.9. The van der Waals surface area contributed by atoms with Crippen molar-refractivity contribution in [1.82, 2.24) is 24.5 Å². The molecule has 0 aliphatic heterocycles. The third kappa shape index (κ3) is 5.26. The number of rotatable bonds is 5. The molecule has 0 aliphatic carbocycles. The molecule has 0 fully saturated rings. The van der Waals surface area contributed by atoms with E-state index in [9.17, 15) is 0 Å². The van der Waals surface area contributed by atoms with Crippen molar-refractivity contribution in [1.29, 1.82) is 0 Å². The third-order valence-corrected chi connectivity index (χ3v) is 9.36. The van der Waals surface area contributed by atoms with Gasteiger partial charge in [-0.05, 0) is 87.0 Å². The molecule has 5 aromatic heterocycles. The summed E-state index contributed by atoms with van der Waals surface area (Å²) in [5.41, 5.74) is 11.1. The van der Waals surface area contributed by atoms with Crippen molar-refractivity contribution < 1.29 is 21.1 Å². The Balaban J connectivity index is 0.00000324. The molecule has 4 aromatic carbocycles. The van der Waals surface area contributed by atoms with Crippen molar-refractivity contribution in [3.05, 3.63) is 152 Å². The van der Waals surface area contributed by atoms with Crippen LogP contribution >= 0.6 is 11.3 Å². The molecule has 0 unspecified atom stereocenters. The molecule has 0 saturated carbocycles. The van der Waals surface area contributed by atoms with Gasteiger partial charge in [0.05, 0.1) is 5.52 Å². The molecule has 9 rings (SSSR count). The van der Waals surface area contributed by atoms with Gasteiger partial charge in [0.25, 0.3) is 0 Å². The number of fused-ring (bicyclic) bond motifs is 4. The summed E-state index contributed by atoms with van der Waals surface area (Å²) in [5.74, 6) is 0. The second kappa shape index (κ2) is 12.1. The van der Waals surface area contributed by atoms with E-state index in [4.69, 9.17) is 9.97 Å². The predicted molar refractivity (Wildman–Crippen MR) is 187 cm³/mol. The summed E-state index contributed by atoms with van der Waals surface area (Å²) in [6.45, 7) is 0. The van der Waals surface area contributed by atoms with Gasteiger partial charge in [-0.15, -0.1) is 53.6 Å². The molecule has 0 saturated heterocycles. The van der Waals surface area contributed by atoms with E-state index in [0.717, 1.165) is 81.8 Å². The molecule has 0 N–H and O–H groups in total. The second-order valence-electron chi connectivity index (χ2n) is 11.0. The summed E-state index contributed by atoms with van der Waals surface area (Å²) in [4.78, 5) is 18.1. The zero-order valence-corrected chi connectivity index (χ0v) is 27.8. The van der Waals surface area contributed by atoms with E-state index in [1.807, 2.05) is 48.9 Å². The molecule has 0 atom stereocenters. The van der Waals surface area contributed by atoms with E-state index in [1.54, 1.807) is 23.7 Å². The zero-order valence-electron chi connectivity index (χ0n) is 24.7. The van der Waals surface area contributed by atoms with Gasteiger partial charge < -0.3 is 9.55 Å². The van der Waals surface area contributed by atoms with Crippen LogP contribution < -0.4 is 0 Å². The molecule has 9 aromatic rings. The van der Waals surface area contributed by atoms with E-state index >= 15 is 0 Å². The average Bonchev–Trinajstić information content (AvgIpc) is 3.71. The van der Waals surface area contributed by atoms with Crippen LogP contribution in [0.2, 0.25) is 0 Å². The smallest absolute Gasteiger partial charge is 0.346 e. The van der Waals surface area contributed by atoms with Crippen LogP contribution in [0.25, 0.3) is 81.8 Å². The van der Waals surface area contributed by atoms with Gasteiger partial charge in [0.15, 0.2) is 0 Å². The fourth-order valence-electron chi connectivity index (χ4n) is 6.03. The van der Waals surface area contributed by atoms with Crippen LogP contribution in [0.5, 0.6) is 0 Å². The molecule has 47 heavy (non-hydrogen) atoms. The van der Waals surface area contributed by atoms with Gasteiger partial charge in [-0.2, -0.15) is 11.3 Å². The quantitative estimate of drug-likeness (QED) is 0.163. The van der Waals surface area contributed by atoms with E-state index in [2.05, 4.69) is 106 Å². The number of nitrogens with zero attached hydrogens (tertiary/aromatic N) is 5. The first kappa shape index (κ1) is 29.1. The van der Waals surface area contributed by atoms with Crippen molar-refractivity contribution in [2.75, 3.05) is 0 Å². The molecule has 0 aliphatic rings. The molecule has 0 spiro atoms. The molecule has 0 amide bonds. The number of pyridine rings is 3. The van der Waals surface area contributed by atoms with E-state index in [0.29, 0.717) is 0 Å². The Bertz CT molecular complexity index is 2490. The molecule has 5 heterocycles. The molecule has 5 nitrogen and oxygen atoms in total. The van der Waals surface area contributed by atoms with Crippen LogP contribution in [-0.2, 0) is 21.1 Å². The van der Waals surface area contributed by atoms with Crippen molar-refractivity contribution >= 4 is 43.4 Å². The number of thiazole rings is 1. The number of hydrogen-bond donors (Lipinski definition) is 0. The molecular weight excluding hydrogens is 778 g/mol. The molecule has 0 radical (unpaired) electrons. The minimum absolute atomic E-state index is 0. The van der Waals surface area contributed by atoms with E-state index in [1.165, 1.54) is 0 Å². The number of benzene rings is 4. The summed E-state index contributed by atoms with van der Waals surface area (Å²) in [6, 6.07) is 45.1. The second-order valence-corrected chi connectivity index (χ2v) is 12.1. The van der Waals surface area contributed by atoms with Crippen LogP contribution in [0.15, 0.2) is 140 Å². The normalized spacial score (nSPS) is 11.2. The largest absolute Gasteiger partial charge is 2.00 e. The maximum absolute atomic E-state index is 4.94. The predicted octanol–water partition coefficient (Wildman–Crippen LogP) is 9.84. The standard InChI is InChI=1S/C40H23N5S.Pt/c1-2-7-39-36(6-1)44-40(46-39)30-8-11-33-34-23-28(26-14-18-41-19-15-26)10-13-37(34)45(38(33)24-30)32-5-3-4-29(22-32)35-12-9-31(25-43-35)27-16-20-42-21-17-27;/h1-21,23,25H;/q-2;+2. The Kier molecular flexibility index (Phi) is 7.53. The van der Waals surface area contributed by atoms with Crippen LogP contribution in [0.1, 0.15) is 0 Å². The monoisotopic (exact) mass is 800 g/mol. The van der Waals surface area contributed by atoms with E-state index < -0.39 is 0 Å². The van der Waals surface area contributed by atoms with Gasteiger partial charge in [0, 0.05) is 46.2 Å². The van der Waals surface area contributed by atoms with Crippen molar-refractivity contribution in [3.63, 3.8) is 0 Å². The topological polar surface area (TPSA) is 56.5 Å². The number of hydrogen-bond acceptors (Lipinski definition) is 5. The average molecular weight is 801 g/mol. The fraction of sp³-hybridized carbons (Fsp3) is 0. The third-order valence-electron chi connectivity index (χ3n) is 8.29. The summed E-state index contributed by atoms with van der Waals surface area (Å²) in [6.07, 6.45) is 9.17. The minimum Gasteiger partial charge on any atom is -0.346 e. The minimum atomic E-state index is 0. The molecule has 224 valence electrons. The summed E-state index contributed by atoms with van der Waals surface area (Å²) in [7, 11) is 0. The fourth-order valence-corrected chi connectivity index (χ4v) is 6.98. The van der Waals surface area contributed by atoms with Gasteiger partial charge in [0.2, 0.25) is 0 Å². The van der Waals surface area contributed by atoms with Gasteiger partial charge in [0.1, 0.15) is 0 Å². The Labute approximate surface area is 289 Å². The number of para-hydroxylation sites is 1. The Morgan fingerprint density at radius 2 is 1.36 bits per heavy atom. The van der Waals surface area contributed by atoms with Crippen LogP contribution in [-0.4, -0.2) is 24.5 Å². The first-order valence-corrected chi connectivity index (χ1v) is 15.8. The maximum Gasteiger partial charge on any atom is 2.00 e. The zero-order chi connectivity index (χ0) is 30.5. The summed E-state index contributed by atoms with van der Waals surface area (Å²) < 4.78 is 3.42. The van der Waals surface area contributed by atoms with Crippen LogP contribution in [0.4, 0.5) is 0 Å². The van der Waals surface area contributed by atoms with Crippen LogP contribution in [0.3, 0.4) is 0 Å². The number of aromatic nitrogens is 5. The Morgan fingerprint density at radius 1 is 0.596 bits per heavy atom. The van der Waals surface area contributed by atoms with E-state index in [-0.39, 0.29) is 21.1 Å². The molecular formula is C40H23N5PtS. The van der Waals surface area contributed by atoms with Gasteiger partial charge >= 0.3 is 21.1 Å². The summed E-state index contributed by atoms with van der Waals surface area (Å²) >= 11 is 1.69.